The largest absolute Gasteiger partial charge is 0.481 e. The summed E-state index contributed by atoms with van der Waals surface area (Å²) >= 11 is 0. The monoisotopic (exact) mass is 275 g/mol. The molecule has 0 bridgehead atoms. The normalized spacial score (nSPS) is 34.2. The van der Waals surface area contributed by atoms with Gasteiger partial charge in [0.15, 0.2) is 0 Å². The molecule has 2 heterocycles. The van der Waals surface area contributed by atoms with Crippen LogP contribution in [0.2, 0.25) is 0 Å². The predicted octanol–water partition coefficient (Wildman–Crippen LogP) is 1.39. The first kappa shape index (κ1) is 14.0. The highest BCUT2D eigenvalue weighted by atomic mass is 19.2. The molecule has 1 N–H and O–H groups in total. The molecular formula is C12H18FNO5. The number of carbonyl (C=O) groups is 2. The van der Waals surface area contributed by atoms with Crippen molar-refractivity contribution in [2.45, 2.75) is 38.6 Å². The quantitative estimate of drug-likeness (QED) is 0.782. The fourth-order valence-electron chi connectivity index (χ4n) is 2.52. The fraction of sp³-hybridized carbons (Fsp3) is 0.833. The number of carboxylic acids is 1. The van der Waals surface area contributed by atoms with Crippen molar-refractivity contribution in [2.24, 2.45) is 5.41 Å². The number of hydrogen-bond donors (Lipinski definition) is 1. The molecule has 2 aliphatic heterocycles. The van der Waals surface area contributed by atoms with Crippen LogP contribution in [0.1, 0.15) is 27.2 Å². The molecule has 6 nitrogen and oxygen atoms in total. The number of likely N-dealkylation sites (tertiary alicyclic amines) is 1. The molecule has 1 amide bonds. The molecule has 0 aromatic carbocycles. The molecule has 0 unspecified atom stereocenters. The van der Waals surface area contributed by atoms with Gasteiger partial charge in [-0.25, -0.2) is 9.18 Å². The third kappa shape index (κ3) is 2.16. The lowest BCUT2D eigenvalue weighted by molar-refractivity contribution is -0.176. The van der Waals surface area contributed by atoms with E-state index in [0.717, 1.165) is 4.90 Å². The Labute approximate surface area is 110 Å². The van der Waals surface area contributed by atoms with Crippen molar-refractivity contribution in [1.82, 2.24) is 4.90 Å². The Morgan fingerprint density at radius 1 is 1.37 bits per heavy atom. The zero-order valence-electron chi connectivity index (χ0n) is 11.2. The molecule has 2 aliphatic rings. The summed E-state index contributed by atoms with van der Waals surface area (Å²) in [5.74, 6) is -3.60. The summed E-state index contributed by atoms with van der Waals surface area (Å²) in [4.78, 5) is 24.3. The molecule has 2 saturated heterocycles. The molecule has 2 rings (SSSR count). The average molecular weight is 275 g/mol. The van der Waals surface area contributed by atoms with Crippen molar-refractivity contribution >= 4 is 12.1 Å². The van der Waals surface area contributed by atoms with Gasteiger partial charge in [-0.15, -0.1) is 0 Å². The van der Waals surface area contributed by atoms with Crippen molar-refractivity contribution < 1.29 is 28.6 Å². The second-order valence-corrected chi connectivity index (χ2v) is 6.05. The number of alkyl halides is 1. The second-order valence-electron chi connectivity index (χ2n) is 6.05. The van der Waals surface area contributed by atoms with Gasteiger partial charge < -0.3 is 19.5 Å². The van der Waals surface area contributed by atoms with Crippen LogP contribution < -0.4 is 0 Å². The smallest absolute Gasteiger partial charge is 0.410 e. The Bertz CT molecular complexity index is 421. The third-order valence-electron chi connectivity index (χ3n) is 3.49. The van der Waals surface area contributed by atoms with Crippen LogP contribution in [0.3, 0.4) is 0 Å². The first-order chi connectivity index (χ1) is 8.60. The van der Waals surface area contributed by atoms with E-state index < -0.39 is 35.5 Å². The maximum atomic E-state index is 14.6. The number of carbonyl (C=O) groups excluding carboxylic acids is 1. The number of hydrogen-bond acceptors (Lipinski definition) is 4. The molecule has 2 fully saturated rings. The highest BCUT2D eigenvalue weighted by molar-refractivity contribution is 5.80. The minimum atomic E-state index is -2.32. The highest BCUT2D eigenvalue weighted by Gasteiger charge is 2.69. The predicted molar refractivity (Wildman–Crippen MR) is 62.3 cm³/mol. The van der Waals surface area contributed by atoms with Crippen LogP contribution in [-0.4, -0.2) is 53.2 Å². The Kier molecular flexibility index (Phi) is 3.00. The first-order valence-electron chi connectivity index (χ1n) is 6.14. The molecule has 0 saturated carbocycles. The minimum Gasteiger partial charge on any atom is -0.481 e. The van der Waals surface area contributed by atoms with Gasteiger partial charge in [-0.05, 0) is 27.2 Å². The zero-order valence-corrected chi connectivity index (χ0v) is 11.2. The van der Waals surface area contributed by atoms with Crippen LogP contribution in [0.15, 0.2) is 0 Å². The Hall–Kier alpha value is -1.37. The SMILES string of the molecule is CC(C)(C)OC(=O)N1C[C@]2(C(=O)O)CCO[C@]2(F)C1. The molecule has 7 heteroatoms. The average Bonchev–Trinajstić information content (AvgIpc) is 2.66. The van der Waals surface area contributed by atoms with E-state index in [0.29, 0.717) is 0 Å². The van der Waals surface area contributed by atoms with Gasteiger partial charge in [0, 0.05) is 6.54 Å². The number of rotatable bonds is 1. The van der Waals surface area contributed by atoms with Crippen LogP contribution in [0.25, 0.3) is 0 Å². The van der Waals surface area contributed by atoms with Gasteiger partial charge in [0.05, 0.1) is 13.2 Å². The number of nitrogens with zero attached hydrogens (tertiary/aromatic N) is 1. The van der Waals surface area contributed by atoms with E-state index in [4.69, 9.17) is 9.47 Å². The number of ether oxygens (including phenoxy) is 2. The van der Waals surface area contributed by atoms with E-state index in [2.05, 4.69) is 0 Å². The van der Waals surface area contributed by atoms with Crippen molar-refractivity contribution in [2.75, 3.05) is 19.7 Å². The number of fused-ring (bicyclic) bond motifs is 1. The molecule has 0 aliphatic carbocycles. The number of amides is 1. The lowest BCUT2D eigenvalue weighted by Gasteiger charge is -2.25. The molecule has 2 atom stereocenters. The molecular weight excluding hydrogens is 257 g/mol. The van der Waals surface area contributed by atoms with E-state index in [1.807, 2.05) is 0 Å². The molecule has 0 radical (unpaired) electrons. The van der Waals surface area contributed by atoms with Gasteiger partial charge in [-0.2, -0.15) is 0 Å². The van der Waals surface area contributed by atoms with Crippen molar-refractivity contribution in [3.8, 4) is 0 Å². The standard InChI is InChI=1S/C12H18FNO5/c1-10(2,3)19-9(17)14-6-11(8(15)16)4-5-18-12(11,13)7-14/h4-7H2,1-3H3,(H,15,16)/t11-,12+/m0/s1. The fourth-order valence-corrected chi connectivity index (χ4v) is 2.52. The molecule has 108 valence electrons. The molecule has 19 heavy (non-hydrogen) atoms. The van der Waals surface area contributed by atoms with Crippen molar-refractivity contribution in [3.63, 3.8) is 0 Å². The first-order valence-corrected chi connectivity index (χ1v) is 6.14. The summed E-state index contributed by atoms with van der Waals surface area (Å²) in [6, 6.07) is 0. The summed E-state index contributed by atoms with van der Waals surface area (Å²) in [5, 5.41) is 9.27. The summed E-state index contributed by atoms with van der Waals surface area (Å²) in [7, 11) is 0. The summed E-state index contributed by atoms with van der Waals surface area (Å²) in [6.07, 6.45) is -0.666. The zero-order chi connectivity index (χ0) is 14.5. The lowest BCUT2D eigenvalue weighted by atomic mass is 9.82. The maximum absolute atomic E-state index is 14.6. The van der Waals surface area contributed by atoms with Gasteiger partial charge in [0.2, 0.25) is 5.85 Å². The highest BCUT2D eigenvalue weighted by Crippen LogP contribution is 2.50. The van der Waals surface area contributed by atoms with Gasteiger partial charge >= 0.3 is 12.1 Å². The van der Waals surface area contributed by atoms with Gasteiger partial charge in [0.25, 0.3) is 0 Å². The van der Waals surface area contributed by atoms with Crippen LogP contribution in [0, 0.1) is 5.41 Å². The van der Waals surface area contributed by atoms with E-state index in [-0.39, 0.29) is 19.6 Å². The minimum absolute atomic E-state index is 0.0466. The van der Waals surface area contributed by atoms with E-state index >= 15 is 0 Å². The second kappa shape index (κ2) is 4.06. The van der Waals surface area contributed by atoms with Gasteiger partial charge in [-0.3, -0.25) is 4.79 Å². The van der Waals surface area contributed by atoms with Gasteiger partial charge in [0.1, 0.15) is 11.0 Å². The Morgan fingerprint density at radius 3 is 2.47 bits per heavy atom. The van der Waals surface area contributed by atoms with E-state index in [1.54, 1.807) is 20.8 Å². The molecule has 0 aromatic rings. The van der Waals surface area contributed by atoms with E-state index in [9.17, 15) is 19.1 Å². The number of aliphatic carboxylic acids is 1. The van der Waals surface area contributed by atoms with Gasteiger partial charge in [-0.1, -0.05) is 0 Å². The van der Waals surface area contributed by atoms with Crippen LogP contribution in [0.4, 0.5) is 9.18 Å². The summed E-state index contributed by atoms with van der Waals surface area (Å²) in [6.45, 7) is 4.48. The molecule has 0 aromatic heterocycles. The number of carboxylic acid groups (broad SMARTS) is 1. The van der Waals surface area contributed by atoms with E-state index in [1.165, 1.54) is 0 Å². The summed E-state index contributed by atoms with van der Waals surface area (Å²) < 4.78 is 24.7. The topological polar surface area (TPSA) is 76.1 Å². The number of halogens is 1. The summed E-state index contributed by atoms with van der Waals surface area (Å²) in [5.41, 5.74) is -2.39. The Morgan fingerprint density at radius 2 is 2.00 bits per heavy atom. The van der Waals surface area contributed by atoms with Crippen LogP contribution >= 0.6 is 0 Å². The Balaban J connectivity index is 2.18. The van der Waals surface area contributed by atoms with Crippen LogP contribution in [0.5, 0.6) is 0 Å². The maximum Gasteiger partial charge on any atom is 0.410 e. The van der Waals surface area contributed by atoms with Crippen LogP contribution in [-0.2, 0) is 14.3 Å². The third-order valence-corrected chi connectivity index (χ3v) is 3.49. The molecule has 0 spiro atoms. The van der Waals surface area contributed by atoms with Crippen molar-refractivity contribution in [1.29, 1.82) is 0 Å². The lowest BCUT2D eigenvalue weighted by Crippen LogP contribution is -2.46. The van der Waals surface area contributed by atoms with Crippen molar-refractivity contribution in [3.05, 3.63) is 0 Å².